The Morgan fingerprint density at radius 2 is 2.07 bits per heavy atom. The number of hydrogen-bond donors (Lipinski definition) is 0. The molecule has 0 aliphatic heterocycles. The number of sulfone groups is 1. The van der Waals surface area contributed by atoms with Crippen molar-refractivity contribution in [2.45, 2.75) is 11.5 Å². The molecule has 0 N–H and O–H groups in total. The maximum Gasteiger partial charge on any atom is 0.337 e. The Morgan fingerprint density at radius 1 is 1.40 bits per heavy atom. The molecule has 1 rings (SSSR count). The first-order valence-electron chi connectivity index (χ1n) is 4.08. The van der Waals surface area contributed by atoms with Crippen molar-refractivity contribution >= 4 is 9.84 Å². The maximum absolute atomic E-state index is 12.1. The average molecular weight is 236 g/mol. The highest BCUT2D eigenvalue weighted by Crippen LogP contribution is 2.17. The van der Waals surface area contributed by atoms with Gasteiger partial charge in [-0.15, -0.1) is 0 Å². The number of halogens is 2. The number of alkyl halides is 2. The molecular weight excluding hydrogens is 226 g/mol. The summed E-state index contributed by atoms with van der Waals surface area (Å²) >= 11 is 0. The van der Waals surface area contributed by atoms with Crippen LogP contribution in [0.4, 0.5) is 8.78 Å². The molecule has 0 unspecified atom stereocenters. The third-order valence-corrected chi connectivity index (χ3v) is 3.05. The Kier molecular flexibility index (Phi) is 3.62. The van der Waals surface area contributed by atoms with Crippen LogP contribution in [0.2, 0.25) is 0 Å². The van der Waals surface area contributed by atoms with E-state index in [1.807, 2.05) is 0 Å². The zero-order valence-corrected chi connectivity index (χ0v) is 8.80. The van der Waals surface area contributed by atoms with Crippen LogP contribution in [-0.4, -0.2) is 21.3 Å². The summed E-state index contributed by atoms with van der Waals surface area (Å²) in [4.78, 5) is 0. The minimum atomic E-state index is -4.37. The molecule has 0 bridgehead atoms. The second-order valence-corrected chi connectivity index (χ2v) is 4.89. The SMILES string of the molecule is COc1cccc(CS(=O)(=O)C(F)F)c1. The molecule has 84 valence electrons. The molecule has 0 saturated heterocycles. The Balaban J connectivity index is 2.90. The van der Waals surface area contributed by atoms with Crippen LogP contribution in [0.5, 0.6) is 5.75 Å². The normalized spacial score (nSPS) is 11.7. The highest BCUT2D eigenvalue weighted by atomic mass is 32.2. The van der Waals surface area contributed by atoms with Gasteiger partial charge in [0, 0.05) is 0 Å². The fourth-order valence-corrected chi connectivity index (χ4v) is 1.83. The molecule has 0 radical (unpaired) electrons. The average Bonchev–Trinajstić information content (AvgIpc) is 2.17. The lowest BCUT2D eigenvalue weighted by Gasteiger charge is -2.05. The zero-order chi connectivity index (χ0) is 11.5. The van der Waals surface area contributed by atoms with Gasteiger partial charge in [-0.05, 0) is 17.7 Å². The van der Waals surface area contributed by atoms with E-state index >= 15 is 0 Å². The fourth-order valence-electron chi connectivity index (χ4n) is 1.06. The van der Waals surface area contributed by atoms with Gasteiger partial charge >= 0.3 is 5.76 Å². The Labute approximate surface area is 86.6 Å². The molecule has 0 spiro atoms. The molecule has 0 amide bonds. The molecule has 1 aromatic carbocycles. The van der Waals surface area contributed by atoms with E-state index in [4.69, 9.17) is 4.74 Å². The van der Waals surface area contributed by atoms with Gasteiger partial charge in [-0.1, -0.05) is 12.1 Å². The monoisotopic (exact) mass is 236 g/mol. The number of hydrogen-bond acceptors (Lipinski definition) is 3. The minimum absolute atomic E-state index is 0.287. The van der Waals surface area contributed by atoms with Gasteiger partial charge < -0.3 is 4.74 Å². The van der Waals surface area contributed by atoms with Crippen molar-refractivity contribution in [3.8, 4) is 5.75 Å². The fraction of sp³-hybridized carbons (Fsp3) is 0.333. The lowest BCUT2D eigenvalue weighted by molar-refractivity contribution is 0.234. The summed E-state index contributed by atoms with van der Waals surface area (Å²) in [5.41, 5.74) is 0.287. The summed E-state index contributed by atoms with van der Waals surface area (Å²) in [7, 11) is -2.95. The molecule has 3 nitrogen and oxygen atoms in total. The van der Waals surface area contributed by atoms with Gasteiger partial charge in [0.15, 0.2) is 0 Å². The van der Waals surface area contributed by atoms with Crippen LogP contribution in [-0.2, 0) is 15.6 Å². The number of benzene rings is 1. The first kappa shape index (κ1) is 11.9. The second-order valence-electron chi connectivity index (χ2n) is 2.92. The van der Waals surface area contributed by atoms with Gasteiger partial charge in [0.2, 0.25) is 9.84 Å². The molecule has 0 fully saturated rings. The van der Waals surface area contributed by atoms with Crippen molar-refractivity contribution in [2.75, 3.05) is 7.11 Å². The molecule has 0 aliphatic rings. The summed E-state index contributed by atoms with van der Waals surface area (Å²) in [6, 6.07) is 6.04. The first-order chi connectivity index (χ1) is 6.95. The van der Waals surface area contributed by atoms with E-state index in [1.165, 1.54) is 19.2 Å². The van der Waals surface area contributed by atoms with Crippen LogP contribution in [0, 0.1) is 0 Å². The van der Waals surface area contributed by atoms with Crippen LogP contribution < -0.4 is 4.74 Å². The number of methoxy groups -OCH3 is 1. The van der Waals surface area contributed by atoms with Crippen molar-refractivity contribution < 1.29 is 21.9 Å². The van der Waals surface area contributed by atoms with E-state index < -0.39 is 21.3 Å². The summed E-state index contributed by atoms with van der Waals surface area (Å²) < 4.78 is 50.8. The van der Waals surface area contributed by atoms with Crippen LogP contribution in [0.15, 0.2) is 24.3 Å². The number of rotatable bonds is 4. The van der Waals surface area contributed by atoms with E-state index in [0.717, 1.165) is 0 Å². The summed E-state index contributed by atoms with van der Waals surface area (Å²) in [5.74, 6) is -3.58. The van der Waals surface area contributed by atoms with E-state index in [-0.39, 0.29) is 5.56 Å². The van der Waals surface area contributed by atoms with Gasteiger partial charge in [-0.2, -0.15) is 8.78 Å². The molecule has 0 atom stereocenters. The molecular formula is C9H10F2O3S. The standard InChI is InChI=1S/C9H10F2O3S/c1-14-8-4-2-3-7(5-8)6-15(12,13)9(10)11/h2-5,9H,6H2,1H3. The van der Waals surface area contributed by atoms with E-state index in [0.29, 0.717) is 5.75 Å². The van der Waals surface area contributed by atoms with E-state index in [1.54, 1.807) is 12.1 Å². The number of ether oxygens (including phenoxy) is 1. The Morgan fingerprint density at radius 3 is 2.60 bits per heavy atom. The molecule has 0 saturated carbocycles. The van der Waals surface area contributed by atoms with Gasteiger partial charge in [-0.3, -0.25) is 0 Å². The maximum atomic E-state index is 12.1. The van der Waals surface area contributed by atoms with Gasteiger partial charge in [0.25, 0.3) is 0 Å². The van der Waals surface area contributed by atoms with E-state index in [9.17, 15) is 17.2 Å². The lowest BCUT2D eigenvalue weighted by atomic mass is 10.2. The highest BCUT2D eigenvalue weighted by molar-refractivity contribution is 7.90. The van der Waals surface area contributed by atoms with Crippen molar-refractivity contribution in [3.05, 3.63) is 29.8 Å². The molecule has 0 aromatic heterocycles. The predicted molar refractivity (Wildman–Crippen MR) is 51.6 cm³/mol. The van der Waals surface area contributed by atoms with Crippen LogP contribution >= 0.6 is 0 Å². The summed E-state index contributed by atoms with van der Waals surface area (Å²) in [5, 5.41) is 0. The van der Waals surface area contributed by atoms with Gasteiger partial charge in [0.05, 0.1) is 12.9 Å². The lowest BCUT2D eigenvalue weighted by Crippen LogP contribution is -2.13. The molecule has 6 heteroatoms. The van der Waals surface area contributed by atoms with Gasteiger partial charge in [-0.25, -0.2) is 8.42 Å². The molecule has 0 aliphatic carbocycles. The van der Waals surface area contributed by atoms with Crippen LogP contribution in [0.1, 0.15) is 5.56 Å². The van der Waals surface area contributed by atoms with Gasteiger partial charge in [0.1, 0.15) is 5.75 Å². The molecule has 0 heterocycles. The van der Waals surface area contributed by atoms with Crippen molar-refractivity contribution in [3.63, 3.8) is 0 Å². The topological polar surface area (TPSA) is 43.4 Å². The summed E-state index contributed by atoms with van der Waals surface area (Å²) in [6.45, 7) is 0. The predicted octanol–water partition coefficient (Wildman–Crippen LogP) is 1.83. The largest absolute Gasteiger partial charge is 0.497 e. The smallest absolute Gasteiger partial charge is 0.337 e. The summed E-state index contributed by atoms with van der Waals surface area (Å²) in [6.07, 6.45) is 0. The highest BCUT2D eigenvalue weighted by Gasteiger charge is 2.24. The third-order valence-electron chi connectivity index (χ3n) is 1.77. The quantitative estimate of drug-likeness (QED) is 0.801. The van der Waals surface area contributed by atoms with Crippen LogP contribution in [0.3, 0.4) is 0 Å². The minimum Gasteiger partial charge on any atom is -0.497 e. The van der Waals surface area contributed by atoms with Crippen LogP contribution in [0.25, 0.3) is 0 Å². The second kappa shape index (κ2) is 4.57. The Hall–Kier alpha value is -1.17. The third kappa shape index (κ3) is 3.16. The first-order valence-corrected chi connectivity index (χ1v) is 5.80. The molecule has 15 heavy (non-hydrogen) atoms. The zero-order valence-electron chi connectivity index (χ0n) is 7.98. The Bertz CT molecular complexity index is 429. The van der Waals surface area contributed by atoms with Crippen molar-refractivity contribution in [2.24, 2.45) is 0 Å². The van der Waals surface area contributed by atoms with Crippen molar-refractivity contribution in [1.29, 1.82) is 0 Å². The van der Waals surface area contributed by atoms with Crippen molar-refractivity contribution in [1.82, 2.24) is 0 Å². The van der Waals surface area contributed by atoms with E-state index in [2.05, 4.69) is 0 Å². The molecule has 1 aromatic rings.